The molecule has 0 aliphatic carbocycles. The fourth-order valence-electron chi connectivity index (χ4n) is 0.310. The Morgan fingerprint density at radius 2 is 2.10 bits per heavy atom. The van der Waals surface area contributed by atoms with Gasteiger partial charge in [0.1, 0.15) is 0 Å². The van der Waals surface area contributed by atoms with E-state index in [1.54, 1.807) is 6.92 Å². The molecule has 0 amide bonds. The van der Waals surface area contributed by atoms with Crippen molar-refractivity contribution < 1.29 is 14.3 Å². The summed E-state index contributed by atoms with van der Waals surface area (Å²) in [7, 11) is 1.52. The van der Waals surface area contributed by atoms with Crippen LogP contribution in [0.15, 0.2) is 11.8 Å². The van der Waals surface area contributed by atoms with E-state index in [0.29, 0.717) is 5.57 Å². The second-order valence-electron chi connectivity index (χ2n) is 1.93. The van der Waals surface area contributed by atoms with Crippen molar-refractivity contribution in [3.05, 3.63) is 11.8 Å². The van der Waals surface area contributed by atoms with Gasteiger partial charge in [0, 0.05) is 12.7 Å². The van der Waals surface area contributed by atoms with Crippen LogP contribution >= 0.6 is 0 Å². The number of ketones is 1. The molecule has 0 heterocycles. The largest absolute Gasteiger partial charge is 0.475 e. The fraction of sp³-hybridized carbons (Fsp3) is 0.571. The highest BCUT2D eigenvalue weighted by Crippen LogP contribution is 1.93. The summed E-state index contributed by atoms with van der Waals surface area (Å²) in [6.07, 6.45) is 1.39. The summed E-state index contributed by atoms with van der Waals surface area (Å²) in [5.41, 5.74) is 0.594. The molecule has 0 spiro atoms. The Labute approximate surface area is 60.6 Å². The molecule has 0 radical (unpaired) electrons. The molecule has 0 rings (SSSR count). The normalized spacial score (nSPS) is 11.3. The molecule has 0 N–H and O–H groups in total. The van der Waals surface area contributed by atoms with Gasteiger partial charge in [0.05, 0.1) is 6.26 Å². The Morgan fingerprint density at radius 1 is 1.50 bits per heavy atom. The van der Waals surface area contributed by atoms with Crippen molar-refractivity contribution in [2.45, 2.75) is 13.8 Å². The van der Waals surface area contributed by atoms with Crippen molar-refractivity contribution in [2.24, 2.45) is 0 Å². The van der Waals surface area contributed by atoms with Crippen LogP contribution in [0.5, 0.6) is 0 Å². The molecule has 0 aromatic heterocycles. The number of Topliss-reactive ketones (excluding diaryl/α,β-unsaturated/α-hetero) is 1. The molecule has 3 heteroatoms. The van der Waals surface area contributed by atoms with Crippen molar-refractivity contribution in [1.29, 1.82) is 0 Å². The van der Waals surface area contributed by atoms with Crippen molar-refractivity contribution in [3.8, 4) is 0 Å². The molecular formula is C7H12O3. The number of hydrogen-bond donors (Lipinski definition) is 0. The SMILES string of the molecule is COCO/C=C(\C)C(C)=O. The zero-order chi connectivity index (χ0) is 7.98. The van der Waals surface area contributed by atoms with Gasteiger partial charge in [-0.2, -0.15) is 0 Å². The number of hydrogen-bond acceptors (Lipinski definition) is 3. The third-order valence-electron chi connectivity index (χ3n) is 1.00. The zero-order valence-electron chi connectivity index (χ0n) is 6.51. The molecule has 0 unspecified atom stereocenters. The third-order valence-corrected chi connectivity index (χ3v) is 1.00. The topological polar surface area (TPSA) is 35.5 Å². The smallest absolute Gasteiger partial charge is 0.187 e. The molecule has 0 saturated carbocycles. The maximum atomic E-state index is 10.5. The Kier molecular flexibility index (Phi) is 4.58. The van der Waals surface area contributed by atoms with Gasteiger partial charge in [-0.1, -0.05) is 0 Å². The molecule has 0 aliphatic heterocycles. The number of ether oxygens (including phenoxy) is 2. The number of allylic oxidation sites excluding steroid dienone is 1. The molecule has 0 aliphatic rings. The van der Waals surface area contributed by atoms with Crippen LogP contribution in [0.3, 0.4) is 0 Å². The fourth-order valence-corrected chi connectivity index (χ4v) is 0.310. The molecule has 0 bridgehead atoms. The van der Waals surface area contributed by atoms with Crippen LogP contribution in [0.25, 0.3) is 0 Å². The average Bonchev–Trinajstić information content (AvgIpc) is 1.88. The molecule has 0 fully saturated rings. The second kappa shape index (κ2) is 4.99. The van der Waals surface area contributed by atoms with Gasteiger partial charge in [-0.25, -0.2) is 0 Å². The lowest BCUT2D eigenvalue weighted by atomic mass is 10.2. The lowest BCUT2D eigenvalue weighted by Gasteiger charge is -1.98. The maximum absolute atomic E-state index is 10.5. The monoisotopic (exact) mass is 144 g/mol. The van der Waals surface area contributed by atoms with E-state index >= 15 is 0 Å². The zero-order valence-corrected chi connectivity index (χ0v) is 6.51. The van der Waals surface area contributed by atoms with Crippen LogP contribution < -0.4 is 0 Å². The van der Waals surface area contributed by atoms with E-state index < -0.39 is 0 Å². The van der Waals surface area contributed by atoms with Crippen molar-refractivity contribution >= 4 is 5.78 Å². The Bertz CT molecular complexity index is 138. The predicted octanol–water partition coefficient (Wildman–Crippen LogP) is 1.10. The van der Waals surface area contributed by atoms with Crippen LogP contribution in [-0.2, 0) is 14.3 Å². The van der Waals surface area contributed by atoms with Crippen LogP contribution in [-0.4, -0.2) is 19.7 Å². The lowest BCUT2D eigenvalue weighted by Crippen LogP contribution is -1.95. The highest BCUT2D eigenvalue weighted by molar-refractivity contribution is 5.92. The molecule has 10 heavy (non-hydrogen) atoms. The van der Waals surface area contributed by atoms with Crippen molar-refractivity contribution in [2.75, 3.05) is 13.9 Å². The summed E-state index contributed by atoms with van der Waals surface area (Å²) < 4.78 is 9.39. The summed E-state index contributed by atoms with van der Waals surface area (Å²) in [5, 5.41) is 0. The maximum Gasteiger partial charge on any atom is 0.187 e. The average molecular weight is 144 g/mol. The first-order valence-corrected chi connectivity index (χ1v) is 2.96. The molecule has 0 saturated heterocycles. The Morgan fingerprint density at radius 3 is 2.50 bits per heavy atom. The molecule has 0 atom stereocenters. The van der Waals surface area contributed by atoms with Gasteiger partial charge < -0.3 is 9.47 Å². The number of methoxy groups -OCH3 is 1. The minimum absolute atomic E-state index is 0.0103. The summed E-state index contributed by atoms with van der Waals surface area (Å²) in [5.74, 6) is 0.0103. The number of carbonyl (C=O) groups excluding carboxylic acids is 1. The Hall–Kier alpha value is -0.830. The van der Waals surface area contributed by atoms with E-state index in [4.69, 9.17) is 4.74 Å². The number of carbonyl (C=O) groups is 1. The van der Waals surface area contributed by atoms with Gasteiger partial charge in [0.2, 0.25) is 0 Å². The highest BCUT2D eigenvalue weighted by atomic mass is 16.7. The minimum atomic E-state index is 0.0103. The van der Waals surface area contributed by atoms with Crippen LogP contribution in [0.4, 0.5) is 0 Å². The van der Waals surface area contributed by atoms with Crippen LogP contribution in [0.1, 0.15) is 13.8 Å². The lowest BCUT2D eigenvalue weighted by molar-refractivity contribution is -0.113. The van der Waals surface area contributed by atoms with E-state index in [0.717, 1.165) is 0 Å². The van der Waals surface area contributed by atoms with E-state index in [9.17, 15) is 4.79 Å². The van der Waals surface area contributed by atoms with Gasteiger partial charge in [-0.15, -0.1) is 0 Å². The summed E-state index contributed by atoms with van der Waals surface area (Å²) >= 11 is 0. The summed E-state index contributed by atoms with van der Waals surface area (Å²) in [6.45, 7) is 3.37. The predicted molar refractivity (Wildman–Crippen MR) is 37.4 cm³/mol. The van der Waals surface area contributed by atoms with Gasteiger partial charge >= 0.3 is 0 Å². The van der Waals surface area contributed by atoms with Crippen molar-refractivity contribution in [3.63, 3.8) is 0 Å². The van der Waals surface area contributed by atoms with E-state index in [1.165, 1.54) is 20.3 Å². The van der Waals surface area contributed by atoms with Crippen LogP contribution in [0, 0.1) is 0 Å². The first-order chi connectivity index (χ1) is 4.68. The minimum Gasteiger partial charge on any atom is -0.475 e. The molecule has 58 valence electrons. The molecular weight excluding hydrogens is 132 g/mol. The van der Waals surface area contributed by atoms with Gasteiger partial charge in [-0.3, -0.25) is 4.79 Å². The van der Waals surface area contributed by atoms with Gasteiger partial charge in [0.25, 0.3) is 0 Å². The second-order valence-corrected chi connectivity index (χ2v) is 1.93. The highest BCUT2D eigenvalue weighted by Gasteiger charge is 1.93. The molecule has 0 aromatic carbocycles. The van der Waals surface area contributed by atoms with Crippen LogP contribution in [0.2, 0.25) is 0 Å². The van der Waals surface area contributed by atoms with Gasteiger partial charge in [-0.05, 0) is 13.8 Å². The van der Waals surface area contributed by atoms with Crippen molar-refractivity contribution in [1.82, 2.24) is 0 Å². The Balaban J connectivity index is 3.58. The first kappa shape index (κ1) is 9.17. The first-order valence-electron chi connectivity index (χ1n) is 2.96. The number of rotatable bonds is 4. The van der Waals surface area contributed by atoms with E-state index in [1.807, 2.05) is 0 Å². The van der Waals surface area contributed by atoms with Gasteiger partial charge in [0.15, 0.2) is 12.6 Å². The quantitative estimate of drug-likeness (QED) is 0.256. The molecule has 0 aromatic rings. The van der Waals surface area contributed by atoms with E-state index in [2.05, 4.69) is 4.74 Å². The third kappa shape index (κ3) is 4.09. The molecule has 3 nitrogen and oxygen atoms in total. The standard InChI is InChI=1S/C7H12O3/c1-6(7(2)8)4-10-5-9-3/h4H,5H2,1-3H3/b6-4+. The summed E-state index contributed by atoms with van der Waals surface area (Å²) in [6, 6.07) is 0. The van der Waals surface area contributed by atoms with E-state index in [-0.39, 0.29) is 12.6 Å². The summed E-state index contributed by atoms with van der Waals surface area (Å²) in [4.78, 5) is 10.5.